The van der Waals surface area contributed by atoms with Gasteiger partial charge in [-0.05, 0) is 30.9 Å². The Hall–Kier alpha value is -3.22. The molecule has 33 heavy (non-hydrogen) atoms. The van der Waals surface area contributed by atoms with Gasteiger partial charge in [0.05, 0.1) is 14.2 Å². The number of methoxy groups -OCH3 is 2. The third kappa shape index (κ3) is 7.70. The summed E-state index contributed by atoms with van der Waals surface area (Å²) in [6.07, 6.45) is 2.39. The average molecular weight is 457 g/mol. The molecule has 1 N–H and O–H groups in total. The summed E-state index contributed by atoms with van der Waals surface area (Å²) < 4.78 is 16.3. The number of nitrogens with one attached hydrogen (secondary N) is 1. The van der Waals surface area contributed by atoms with E-state index < -0.39 is 6.04 Å². The molecule has 0 aliphatic rings. The van der Waals surface area contributed by atoms with Crippen LogP contribution in [0.5, 0.6) is 17.2 Å². The summed E-state index contributed by atoms with van der Waals surface area (Å²) in [6.45, 7) is 6.70. The third-order valence-corrected chi connectivity index (χ3v) is 5.50. The third-order valence-electron chi connectivity index (χ3n) is 5.50. The number of aryl methyl sites for hydroxylation is 1. The van der Waals surface area contributed by atoms with E-state index in [1.807, 2.05) is 38.1 Å². The van der Waals surface area contributed by atoms with Gasteiger partial charge in [-0.3, -0.25) is 9.59 Å². The van der Waals surface area contributed by atoms with Crippen molar-refractivity contribution >= 4 is 11.8 Å². The maximum Gasteiger partial charge on any atom is 0.261 e. The molecule has 0 radical (unpaired) electrons. The Balaban J connectivity index is 2.23. The number of carbonyl (C=O) groups is 2. The molecular weight excluding hydrogens is 420 g/mol. The van der Waals surface area contributed by atoms with E-state index in [-0.39, 0.29) is 18.4 Å². The number of hydrogen-bond acceptors (Lipinski definition) is 5. The van der Waals surface area contributed by atoms with Crippen LogP contribution in [0.3, 0.4) is 0 Å². The Labute approximate surface area is 197 Å². The lowest BCUT2D eigenvalue weighted by Crippen LogP contribution is -2.50. The molecule has 0 aliphatic carbocycles. The molecular formula is C26H36N2O5. The monoisotopic (exact) mass is 456 g/mol. The van der Waals surface area contributed by atoms with Gasteiger partial charge in [-0.2, -0.15) is 0 Å². The van der Waals surface area contributed by atoms with Gasteiger partial charge in [0.1, 0.15) is 23.3 Å². The van der Waals surface area contributed by atoms with Crippen molar-refractivity contribution in [2.24, 2.45) is 0 Å². The Morgan fingerprint density at radius 1 is 1.00 bits per heavy atom. The second-order valence-electron chi connectivity index (χ2n) is 7.85. The molecule has 7 nitrogen and oxygen atoms in total. The van der Waals surface area contributed by atoms with Crippen LogP contribution in [0.4, 0.5) is 0 Å². The summed E-state index contributed by atoms with van der Waals surface area (Å²) in [6, 6.07) is 12.4. The van der Waals surface area contributed by atoms with Crippen molar-refractivity contribution in [3.05, 3.63) is 53.6 Å². The molecule has 0 aromatic heterocycles. The van der Waals surface area contributed by atoms with Gasteiger partial charge < -0.3 is 24.4 Å². The Morgan fingerprint density at radius 3 is 2.21 bits per heavy atom. The second-order valence-corrected chi connectivity index (χ2v) is 7.85. The number of rotatable bonds is 13. The molecule has 0 bridgehead atoms. The topological polar surface area (TPSA) is 77.1 Å². The van der Waals surface area contributed by atoms with E-state index in [1.165, 1.54) is 0 Å². The predicted molar refractivity (Wildman–Crippen MR) is 129 cm³/mol. The van der Waals surface area contributed by atoms with Crippen molar-refractivity contribution in [3.63, 3.8) is 0 Å². The number of nitrogens with zero attached hydrogens (tertiary/aromatic N) is 1. The first kappa shape index (κ1) is 26.0. The number of unbranched alkanes of at least 4 members (excludes halogenated alkanes) is 1. The summed E-state index contributed by atoms with van der Waals surface area (Å²) in [7, 11) is 3.10. The lowest BCUT2D eigenvalue weighted by atomic mass is 10.1. The van der Waals surface area contributed by atoms with E-state index in [0.29, 0.717) is 36.8 Å². The zero-order valence-electron chi connectivity index (χ0n) is 20.3. The van der Waals surface area contributed by atoms with Crippen LogP contribution in [0.1, 0.15) is 44.2 Å². The molecule has 180 valence electrons. The molecule has 0 aliphatic heterocycles. The SMILES string of the molecule is CCCCNC(=O)[C@H](CC)N(Cc1ccccc1C)C(=O)COc1cc(OC)cc(OC)c1. The standard InChI is InChI=1S/C26H36N2O5/c1-6-8-13-27-26(30)24(7-2)28(17-20-12-10-9-11-19(20)3)25(29)18-33-23-15-21(31-4)14-22(16-23)32-5/h9-12,14-16,24H,6-8,13,17-18H2,1-5H3,(H,27,30)/t24-/m0/s1. The molecule has 0 spiro atoms. The summed E-state index contributed by atoms with van der Waals surface area (Å²) in [5.41, 5.74) is 2.06. The van der Waals surface area contributed by atoms with Gasteiger partial charge in [-0.25, -0.2) is 0 Å². The van der Waals surface area contributed by atoms with E-state index in [4.69, 9.17) is 14.2 Å². The Morgan fingerprint density at radius 2 is 1.64 bits per heavy atom. The maximum atomic E-state index is 13.3. The van der Waals surface area contributed by atoms with Gasteiger partial charge in [0.15, 0.2) is 6.61 Å². The largest absolute Gasteiger partial charge is 0.496 e. The zero-order chi connectivity index (χ0) is 24.2. The van der Waals surface area contributed by atoms with Crippen molar-refractivity contribution in [1.82, 2.24) is 10.2 Å². The van der Waals surface area contributed by atoms with Crippen LogP contribution < -0.4 is 19.5 Å². The Bertz CT molecular complexity index is 893. The number of carbonyl (C=O) groups excluding carboxylic acids is 2. The first-order chi connectivity index (χ1) is 15.9. The highest BCUT2D eigenvalue weighted by atomic mass is 16.5. The average Bonchev–Trinajstić information content (AvgIpc) is 2.83. The van der Waals surface area contributed by atoms with Gasteiger partial charge in [0.2, 0.25) is 5.91 Å². The number of benzene rings is 2. The smallest absolute Gasteiger partial charge is 0.261 e. The lowest BCUT2D eigenvalue weighted by Gasteiger charge is -2.31. The minimum atomic E-state index is -0.586. The normalized spacial score (nSPS) is 11.4. The highest BCUT2D eigenvalue weighted by Gasteiger charge is 2.29. The molecule has 7 heteroatoms. The summed E-state index contributed by atoms with van der Waals surface area (Å²) in [5, 5.41) is 2.97. The van der Waals surface area contributed by atoms with Gasteiger partial charge >= 0.3 is 0 Å². The molecule has 2 amide bonds. The van der Waals surface area contributed by atoms with Crippen LogP contribution in [0, 0.1) is 6.92 Å². The number of hydrogen-bond donors (Lipinski definition) is 1. The molecule has 0 saturated heterocycles. The molecule has 0 saturated carbocycles. The quantitative estimate of drug-likeness (QED) is 0.459. The highest BCUT2D eigenvalue weighted by Crippen LogP contribution is 2.27. The van der Waals surface area contributed by atoms with Crippen molar-refractivity contribution in [2.45, 2.75) is 52.6 Å². The van der Waals surface area contributed by atoms with E-state index in [9.17, 15) is 9.59 Å². The van der Waals surface area contributed by atoms with E-state index in [1.54, 1.807) is 37.3 Å². The number of amides is 2. The fourth-order valence-electron chi connectivity index (χ4n) is 3.49. The molecule has 0 unspecified atom stereocenters. The van der Waals surface area contributed by atoms with E-state index in [0.717, 1.165) is 24.0 Å². The van der Waals surface area contributed by atoms with Gasteiger partial charge in [-0.15, -0.1) is 0 Å². The first-order valence-electron chi connectivity index (χ1n) is 11.4. The molecule has 0 heterocycles. The van der Waals surface area contributed by atoms with Crippen LogP contribution >= 0.6 is 0 Å². The van der Waals surface area contributed by atoms with Gasteiger partial charge in [0, 0.05) is 31.3 Å². The molecule has 2 aromatic rings. The fraction of sp³-hybridized carbons (Fsp3) is 0.462. The van der Waals surface area contributed by atoms with Gasteiger partial charge in [0.25, 0.3) is 5.91 Å². The van der Waals surface area contributed by atoms with Crippen LogP contribution in [-0.4, -0.2) is 50.1 Å². The minimum Gasteiger partial charge on any atom is -0.496 e. The fourth-order valence-corrected chi connectivity index (χ4v) is 3.49. The summed E-state index contributed by atoms with van der Waals surface area (Å²) >= 11 is 0. The molecule has 2 rings (SSSR count). The summed E-state index contributed by atoms with van der Waals surface area (Å²) in [5.74, 6) is 1.18. The summed E-state index contributed by atoms with van der Waals surface area (Å²) in [4.78, 5) is 27.9. The predicted octanol–water partition coefficient (Wildman–Crippen LogP) is 4.11. The van der Waals surface area contributed by atoms with Crippen molar-refractivity contribution in [2.75, 3.05) is 27.4 Å². The van der Waals surface area contributed by atoms with Crippen molar-refractivity contribution in [3.8, 4) is 17.2 Å². The van der Waals surface area contributed by atoms with Crippen molar-refractivity contribution < 1.29 is 23.8 Å². The minimum absolute atomic E-state index is 0.143. The molecule has 2 aromatic carbocycles. The van der Waals surface area contributed by atoms with Crippen LogP contribution in [0.15, 0.2) is 42.5 Å². The van der Waals surface area contributed by atoms with E-state index >= 15 is 0 Å². The van der Waals surface area contributed by atoms with Crippen LogP contribution in [0.2, 0.25) is 0 Å². The van der Waals surface area contributed by atoms with Crippen molar-refractivity contribution in [1.29, 1.82) is 0 Å². The molecule has 0 fully saturated rings. The van der Waals surface area contributed by atoms with Crippen LogP contribution in [-0.2, 0) is 16.1 Å². The van der Waals surface area contributed by atoms with E-state index in [2.05, 4.69) is 12.2 Å². The Kier molecular flexibility index (Phi) is 10.5. The van der Waals surface area contributed by atoms with Crippen LogP contribution in [0.25, 0.3) is 0 Å². The first-order valence-corrected chi connectivity index (χ1v) is 11.4. The van der Waals surface area contributed by atoms with Gasteiger partial charge in [-0.1, -0.05) is 44.5 Å². The molecule has 1 atom stereocenters. The second kappa shape index (κ2) is 13.4. The lowest BCUT2D eigenvalue weighted by molar-refractivity contribution is -0.143. The maximum absolute atomic E-state index is 13.3. The number of ether oxygens (including phenoxy) is 3. The zero-order valence-corrected chi connectivity index (χ0v) is 20.3. The highest BCUT2D eigenvalue weighted by molar-refractivity contribution is 5.88.